The van der Waals surface area contributed by atoms with Gasteiger partial charge in [-0.05, 0) is 35.9 Å². The zero-order chi connectivity index (χ0) is 14.5. The van der Waals surface area contributed by atoms with E-state index in [-0.39, 0.29) is 5.91 Å². The van der Waals surface area contributed by atoms with E-state index in [0.717, 1.165) is 11.1 Å². The molecule has 0 heterocycles. The van der Waals surface area contributed by atoms with Gasteiger partial charge in [0.25, 0.3) is 5.91 Å². The van der Waals surface area contributed by atoms with Gasteiger partial charge >= 0.3 is 0 Å². The van der Waals surface area contributed by atoms with E-state index < -0.39 is 0 Å². The first-order valence-corrected chi connectivity index (χ1v) is 6.77. The molecule has 0 radical (unpaired) electrons. The maximum absolute atomic E-state index is 11.9. The van der Waals surface area contributed by atoms with Gasteiger partial charge in [-0.1, -0.05) is 42.0 Å². The highest BCUT2D eigenvalue weighted by molar-refractivity contribution is 7.80. The van der Waals surface area contributed by atoms with Crippen molar-refractivity contribution in [2.24, 2.45) is 5.73 Å². The Morgan fingerprint density at radius 2 is 1.85 bits per heavy atom. The largest absolute Gasteiger partial charge is 0.389 e. The van der Waals surface area contributed by atoms with Crippen LogP contribution in [0, 0.1) is 0 Å². The third-order valence-electron chi connectivity index (χ3n) is 2.77. The maximum Gasteiger partial charge on any atom is 0.251 e. The lowest BCUT2D eigenvalue weighted by Crippen LogP contribution is -2.23. The SMILES string of the molecule is NC(=S)c1cccc(CNC(=O)c2ccc(Cl)cc2)c1. The smallest absolute Gasteiger partial charge is 0.251 e. The first-order chi connectivity index (χ1) is 9.56. The fourth-order valence-corrected chi connectivity index (χ4v) is 1.97. The lowest BCUT2D eigenvalue weighted by atomic mass is 10.1. The number of nitrogens with one attached hydrogen (secondary N) is 1. The summed E-state index contributed by atoms with van der Waals surface area (Å²) in [5.41, 5.74) is 7.88. The summed E-state index contributed by atoms with van der Waals surface area (Å²) in [4.78, 5) is 12.3. The number of benzene rings is 2. The second kappa shape index (κ2) is 6.50. The van der Waals surface area contributed by atoms with Crippen molar-refractivity contribution in [1.82, 2.24) is 5.32 Å². The number of carbonyl (C=O) groups excluding carboxylic acids is 1. The molecule has 0 saturated heterocycles. The van der Waals surface area contributed by atoms with Gasteiger partial charge in [-0.25, -0.2) is 0 Å². The van der Waals surface area contributed by atoms with E-state index in [1.807, 2.05) is 24.3 Å². The van der Waals surface area contributed by atoms with Gasteiger partial charge in [0.15, 0.2) is 0 Å². The van der Waals surface area contributed by atoms with Crippen LogP contribution in [0.1, 0.15) is 21.5 Å². The molecule has 0 fully saturated rings. The highest BCUT2D eigenvalue weighted by atomic mass is 35.5. The molecule has 0 saturated carbocycles. The Morgan fingerprint density at radius 3 is 2.50 bits per heavy atom. The molecule has 0 unspecified atom stereocenters. The van der Waals surface area contributed by atoms with Gasteiger partial charge in [0.2, 0.25) is 0 Å². The molecular weight excluding hydrogens is 292 g/mol. The third-order valence-corrected chi connectivity index (χ3v) is 3.26. The minimum absolute atomic E-state index is 0.151. The summed E-state index contributed by atoms with van der Waals surface area (Å²) in [6.07, 6.45) is 0. The van der Waals surface area contributed by atoms with Crippen molar-refractivity contribution in [2.45, 2.75) is 6.54 Å². The lowest BCUT2D eigenvalue weighted by Gasteiger charge is -2.07. The number of thiocarbonyl (C=S) groups is 1. The molecule has 2 aromatic rings. The third kappa shape index (κ3) is 3.79. The molecule has 3 nitrogen and oxygen atoms in total. The molecule has 0 aromatic heterocycles. The normalized spacial score (nSPS) is 10.1. The fraction of sp³-hybridized carbons (Fsp3) is 0.0667. The van der Waals surface area contributed by atoms with Gasteiger partial charge in [-0.3, -0.25) is 4.79 Å². The zero-order valence-electron chi connectivity index (χ0n) is 10.6. The lowest BCUT2D eigenvalue weighted by molar-refractivity contribution is 0.0951. The van der Waals surface area contributed by atoms with Gasteiger partial charge in [0, 0.05) is 22.7 Å². The second-order valence-electron chi connectivity index (χ2n) is 4.25. The van der Waals surface area contributed by atoms with Crippen LogP contribution in [0.4, 0.5) is 0 Å². The van der Waals surface area contributed by atoms with E-state index in [9.17, 15) is 4.79 Å². The van der Waals surface area contributed by atoms with E-state index in [1.165, 1.54) is 0 Å². The molecule has 0 aliphatic carbocycles. The number of nitrogens with two attached hydrogens (primary N) is 1. The van der Waals surface area contributed by atoms with E-state index in [4.69, 9.17) is 29.6 Å². The predicted octanol–water partition coefficient (Wildman–Crippen LogP) is 2.90. The Morgan fingerprint density at radius 1 is 1.15 bits per heavy atom. The van der Waals surface area contributed by atoms with Gasteiger partial charge in [0.05, 0.1) is 0 Å². The topological polar surface area (TPSA) is 55.1 Å². The quantitative estimate of drug-likeness (QED) is 0.854. The number of rotatable bonds is 4. The molecular formula is C15H13ClN2OS. The van der Waals surface area contributed by atoms with E-state index in [0.29, 0.717) is 22.1 Å². The summed E-state index contributed by atoms with van der Waals surface area (Å²) in [6, 6.07) is 14.2. The Kier molecular flexibility index (Phi) is 4.71. The van der Waals surface area contributed by atoms with Crippen LogP contribution < -0.4 is 11.1 Å². The highest BCUT2D eigenvalue weighted by Gasteiger charge is 2.05. The Bertz CT molecular complexity index is 641. The first kappa shape index (κ1) is 14.5. The molecule has 0 bridgehead atoms. The number of hydrogen-bond donors (Lipinski definition) is 2. The van der Waals surface area contributed by atoms with Crippen LogP contribution in [0.25, 0.3) is 0 Å². The molecule has 2 aromatic carbocycles. The molecule has 102 valence electrons. The molecule has 0 aliphatic rings. The van der Waals surface area contributed by atoms with Gasteiger partial charge in [-0.15, -0.1) is 0 Å². The number of halogens is 1. The summed E-state index contributed by atoms with van der Waals surface area (Å²) >= 11 is 10.7. The average molecular weight is 305 g/mol. The van der Waals surface area contributed by atoms with Crippen molar-refractivity contribution in [3.05, 3.63) is 70.2 Å². The summed E-state index contributed by atoms with van der Waals surface area (Å²) in [6.45, 7) is 0.415. The number of carbonyl (C=O) groups is 1. The van der Waals surface area contributed by atoms with Crippen LogP contribution in [-0.4, -0.2) is 10.9 Å². The van der Waals surface area contributed by atoms with Crippen LogP contribution in [-0.2, 0) is 6.54 Å². The van der Waals surface area contributed by atoms with E-state index >= 15 is 0 Å². The van der Waals surface area contributed by atoms with Crippen molar-refractivity contribution < 1.29 is 4.79 Å². The molecule has 0 atom stereocenters. The molecule has 0 spiro atoms. The van der Waals surface area contributed by atoms with Crippen LogP contribution in [0.5, 0.6) is 0 Å². The van der Waals surface area contributed by atoms with Gasteiger partial charge in [-0.2, -0.15) is 0 Å². The predicted molar refractivity (Wildman–Crippen MR) is 85.0 cm³/mol. The van der Waals surface area contributed by atoms with E-state index in [2.05, 4.69) is 5.32 Å². The zero-order valence-corrected chi connectivity index (χ0v) is 12.2. The highest BCUT2D eigenvalue weighted by Crippen LogP contribution is 2.10. The summed E-state index contributed by atoms with van der Waals surface area (Å²) in [5, 5.41) is 3.44. The molecule has 2 rings (SSSR count). The van der Waals surface area contributed by atoms with Crippen molar-refractivity contribution in [1.29, 1.82) is 0 Å². The Hall–Kier alpha value is -1.91. The van der Waals surface area contributed by atoms with Crippen molar-refractivity contribution >= 4 is 34.7 Å². The van der Waals surface area contributed by atoms with Crippen LogP contribution in [0.2, 0.25) is 5.02 Å². The van der Waals surface area contributed by atoms with E-state index in [1.54, 1.807) is 24.3 Å². The van der Waals surface area contributed by atoms with Gasteiger partial charge in [0.1, 0.15) is 4.99 Å². The summed E-state index contributed by atoms with van der Waals surface area (Å²) in [7, 11) is 0. The molecule has 1 amide bonds. The number of hydrogen-bond acceptors (Lipinski definition) is 2. The Balaban J connectivity index is 2.01. The van der Waals surface area contributed by atoms with Crippen LogP contribution >= 0.6 is 23.8 Å². The summed E-state index contributed by atoms with van der Waals surface area (Å²) in [5.74, 6) is -0.151. The van der Waals surface area contributed by atoms with Crippen molar-refractivity contribution in [3.8, 4) is 0 Å². The maximum atomic E-state index is 11.9. The van der Waals surface area contributed by atoms with Crippen LogP contribution in [0.3, 0.4) is 0 Å². The molecule has 0 aliphatic heterocycles. The van der Waals surface area contributed by atoms with Crippen LogP contribution in [0.15, 0.2) is 48.5 Å². The average Bonchev–Trinajstić information content (AvgIpc) is 2.46. The standard InChI is InChI=1S/C15H13ClN2OS/c16-13-6-4-11(5-7-13)15(19)18-9-10-2-1-3-12(8-10)14(17)20/h1-8H,9H2,(H2,17,20)(H,18,19). The molecule has 3 N–H and O–H groups in total. The fourth-order valence-electron chi connectivity index (χ4n) is 1.72. The Labute approximate surface area is 127 Å². The molecule has 5 heteroatoms. The van der Waals surface area contributed by atoms with Crippen molar-refractivity contribution in [3.63, 3.8) is 0 Å². The monoisotopic (exact) mass is 304 g/mol. The van der Waals surface area contributed by atoms with Crippen molar-refractivity contribution in [2.75, 3.05) is 0 Å². The second-order valence-corrected chi connectivity index (χ2v) is 5.13. The molecule has 20 heavy (non-hydrogen) atoms. The first-order valence-electron chi connectivity index (χ1n) is 5.99. The summed E-state index contributed by atoms with van der Waals surface area (Å²) < 4.78 is 0. The van der Waals surface area contributed by atoms with Gasteiger partial charge < -0.3 is 11.1 Å². The minimum Gasteiger partial charge on any atom is -0.389 e. The number of amides is 1. The minimum atomic E-state index is -0.151.